The Morgan fingerprint density at radius 3 is 2.54 bits per heavy atom. The predicted octanol–water partition coefficient (Wildman–Crippen LogP) is 1.60. The second kappa shape index (κ2) is 10.3. The SMILES string of the molecule is COc1ccc2nc([S@+]([O-])Cc3ncc(C)c(OC)c3C)[nH]c2c1.[NaH].[NaH]. The quantitative estimate of drug-likeness (QED) is 0.526. The van der Waals surface area contributed by atoms with Gasteiger partial charge in [0.25, 0.3) is 0 Å². The van der Waals surface area contributed by atoms with Crippen LogP contribution in [0.3, 0.4) is 0 Å². The molecule has 0 bridgehead atoms. The Kier molecular flexibility index (Phi) is 9.46. The summed E-state index contributed by atoms with van der Waals surface area (Å²) in [5.74, 6) is 1.79. The summed E-state index contributed by atoms with van der Waals surface area (Å²) in [4.78, 5) is 11.9. The van der Waals surface area contributed by atoms with Gasteiger partial charge in [-0.2, -0.15) is 4.98 Å². The molecule has 1 aromatic carbocycles. The Morgan fingerprint density at radius 2 is 1.88 bits per heavy atom. The van der Waals surface area contributed by atoms with Crippen LogP contribution in [0.15, 0.2) is 29.6 Å². The molecule has 0 aliphatic heterocycles. The van der Waals surface area contributed by atoms with E-state index in [0.29, 0.717) is 5.16 Å². The minimum atomic E-state index is -1.33. The summed E-state index contributed by atoms with van der Waals surface area (Å²) in [5, 5.41) is 0.430. The van der Waals surface area contributed by atoms with Gasteiger partial charge in [0.05, 0.1) is 30.9 Å². The van der Waals surface area contributed by atoms with Crippen molar-refractivity contribution in [1.82, 2.24) is 15.0 Å². The van der Waals surface area contributed by atoms with Crippen molar-refractivity contribution in [3.05, 3.63) is 41.2 Å². The van der Waals surface area contributed by atoms with Crippen LogP contribution in [-0.4, -0.2) is 92.8 Å². The maximum atomic E-state index is 12.7. The maximum absolute atomic E-state index is 12.7. The first-order valence-corrected chi connectivity index (χ1v) is 8.76. The summed E-state index contributed by atoms with van der Waals surface area (Å²) in [6.07, 6.45) is 1.74. The summed E-state index contributed by atoms with van der Waals surface area (Å²) < 4.78 is 23.3. The van der Waals surface area contributed by atoms with Gasteiger partial charge in [0.1, 0.15) is 11.5 Å². The summed E-state index contributed by atoms with van der Waals surface area (Å²) in [6.45, 7) is 3.86. The number of rotatable bonds is 5. The minimum absolute atomic E-state index is 0. The number of hydrogen-bond donors (Lipinski definition) is 1. The molecule has 0 unspecified atom stereocenters. The fourth-order valence-electron chi connectivity index (χ4n) is 2.61. The summed E-state index contributed by atoms with van der Waals surface area (Å²) in [5.41, 5.74) is 4.16. The van der Waals surface area contributed by atoms with Crippen LogP contribution in [0.1, 0.15) is 16.8 Å². The number of fused-ring (bicyclic) bond motifs is 1. The van der Waals surface area contributed by atoms with Crippen molar-refractivity contribution in [2.45, 2.75) is 24.8 Å². The van der Waals surface area contributed by atoms with Gasteiger partial charge in [-0.15, -0.1) is 0 Å². The molecule has 3 rings (SSSR count). The number of hydrogen-bond acceptors (Lipinski definition) is 5. The van der Waals surface area contributed by atoms with E-state index in [2.05, 4.69) is 15.0 Å². The molecule has 0 aliphatic rings. The van der Waals surface area contributed by atoms with Gasteiger partial charge in [-0.1, -0.05) is 0 Å². The molecule has 0 saturated carbocycles. The van der Waals surface area contributed by atoms with E-state index >= 15 is 0 Å². The van der Waals surface area contributed by atoms with Crippen molar-refractivity contribution in [3.63, 3.8) is 0 Å². The number of aryl methyl sites for hydroxylation is 1. The normalized spacial score (nSPS) is 11.4. The van der Waals surface area contributed by atoms with Gasteiger partial charge in [0.15, 0.2) is 5.75 Å². The number of imidazole rings is 1. The van der Waals surface area contributed by atoms with E-state index in [9.17, 15) is 4.55 Å². The topological polar surface area (TPSA) is 83.1 Å². The van der Waals surface area contributed by atoms with Crippen LogP contribution < -0.4 is 9.47 Å². The number of aromatic nitrogens is 3. The van der Waals surface area contributed by atoms with Crippen molar-refractivity contribution in [2.24, 2.45) is 0 Å². The first-order chi connectivity index (χ1) is 11.5. The van der Waals surface area contributed by atoms with Crippen LogP contribution in [-0.2, 0) is 16.9 Å². The van der Waals surface area contributed by atoms with Gasteiger partial charge in [0, 0.05) is 34.6 Å². The number of nitrogens with zero attached hydrogens (tertiary/aromatic N) is 2. The molecule has 2 heterocycles. The first kappa shape index (κ1) is 23.8. The van der Waals surface area contributed by atoms with Crippen molar-refractivity contribution in [1.29, 1.82) is 0 Å². The Hall–Kier alpha value is -0.250. The number of ether oxygens (including phenoxy) is 2. The fourth-order valence-corrected chi connectivity index (χ4v) is 3.71. The molecule has 0 amide bonds. The molecule has 0 aliphatic carbocycles. The zero-order valence-corrected chi connectivity index (χ0v) is 14.9. The number of nitrogens with one attached hydrogen (secondary N) is 1. The number of aromatic amines is 1. The van der Waals surface area contributed by atoms with E-state index < -0.39 is 11.2 Å². The zero-order chi connectivity index (χ0) is 17.3. The van der Waals surface area contributed by atoms with Crippen LogP contribution in [0.5, 0.6) is 11.5 Å². The third-order valence-electron chi connectivity index (χ3n) is 3.90. The molecule has 1 N–H and O–H groups in total. The van der Waals surface area contributed by atoms with Gasteiger partial charge < -0.3 is 14.0 Å². The molecule has 0 saturated heterocycles. The third-order valence-corrected chi connectivity index (χ3v) is 5.06. The third kappa shape index (κ3) is 4.97. The Morgan fingerprint density at radius 1 is 1.15 bits per heavy atom. The van der Waals surface area contributed by atoms with Crippen LogP contribution in [0.4, 0.5) is 0 Å². The molecule has 6 nitrogen and oxygen atoms in total. The summed E-state index contributed by atoms with van der Waals surface area (Å²) in [6, 6.07) is 5.50. The van der Waals surface area contributed by atoms with Gasteiger partial charge >= 0.3 is 64.3 Å². The van der Waals surface area contributed by atoms with E-state index in [1.165, 1.54) is 0 Å². The first-order valence-electron chi connectivity index (χ1n) is 7.44. The second-order valence-electron chi connectivity index (χ2n) is 5.46. The predicted molar refractivity (Wildman–Crippen MR) is 107 cm³/mol. The molecule has 130 valence electrons. The van der Waals surface area contributed by atoms with E-state index in [0.717, 1.165) is 39.4 Å². The van der Waals surface area contributed by atoms with Gasteiger partial charge in [0.2, 0.25) is 0 Å². The number of H-pyrrole nitrogens is 1. The molecule has 2 aromatic heterocycles. The van der Waals surface area contributed by atoms with Crippen LogP contribution in [0, 0.1) is 13.8 Å². The standard InChI is InChI=1S/C17H19N3O3S.2Na.2H/c1-10-8-18-15(11(2)16(10)23-4)9-24(21)17-19-13-6-5-12(22-3)7-14(13)20-17;;;;/h5-8H,9H2,1-4H3,(H,19,20);;;;/t24-;;;;/m1..../s1. The summed E-state index contributed by atoms with van der Waals surface area (Å²) in [7, 11) is 3.23. The van der Waals surface area contributed by atoms with Gasteiger partial charge in [-0.25, -0.2) is 0 Å². The Bertz CT molecular complexity index is 889. The molecular weight excluding hydrogens is 372 g/mol. The van der Waals surface area contributed by atoms with Gasteiger partial charge in [-0.3, -0.25) is 9.97 Å². The van der Waals surface area contributed by atoms with Crippen molar-refractivity contribution >= 4 is 81.3 Å². The van der Waals surface area contributed by atoms with E-state index in [1.807, 2.05) is 32.0 Å². The average molecular weight is 393 g/mol. The van der Waals surface area contributed by atoms with E-state index in [1.54, 1.807) is 20.4 Å². The molecule has 9 heteroatoms. The van der Waals surface area contributed by atoms with E-state index in [4.69, 9.17) is 9.47 Å². The van der Waals surface area contributed by atoms with E-state index in [-0.39, 0.29) is 64.9 Å². The van der Waals surface area contributed by atoms with Crippen LogP contribution in [0.2, 0.25) is 0 Å². The van der Waals surface area contributed by atoms with Gasteiger partial charge in [-0.05, 0) is 26.0 Å². The molecule has 0 fully saturated rings. The number of benzene rings is 1. The second-order valence-corrected chi connectivity index (χ2v) is 6.83. The van der Waals surface area contributed by atoms with Crippen molar-refractivity contribution in [2.75, 3.05) is 14.2 Å². The van der Waals surface area contributed by atoms with Crippen molar-refractivity contribution < 1.29 is 14.0 Å². The molecule has 0 spiro atoms. The molecule has 3 aromatic rings. The molecular formula is C17H21N3Na2O3S. The average Bonchev–Trinajstić information content (AvgIpc) is 3.01. The molecule has 1 atom stereocenters. The molecule has 26 heavy (non-hydrogen) atoms. The monoisotopic (exact) mass is 393 g/mol. The number of pyridine rings is 1. The molecule has 0 radical (unpaired) electrons. The Balaban J connectivity index is 0.00000169. The summed E-state index contributed by atoms with van der Waals surface area (Å²) >= 11 is -1.33. The fraction of sp³-hybridized carbons (Fsp3) is 0.294. The zero-order valence-electron chi connectivity index (χ0n) is 14.0. The van der Waals surface area contributed by atoms with Crippen molar-refractivity contribution in [3.8, 4) is 11.5 Å². The van der Waals surface area contributed by atoms with Crippen LogP contribution >= 0.6 is 0 Å². The Labute approximate surface area is 200 Å². The number of methoxy groups -OCH3 is 2. The van der Waals surface area contributed by atoms with Crippen LogP contribution in [0.25, 0.3) is 11.0 Å².